The molecule has 2 heteroatoms. The summed E-state index contributed by atoms with van der Waals surface area (Å²) in [5.74, 6) is 1.61. The van der Waals surface area contributed by atoms with Gasteiger partial charge in [-0.2, -0.15) is 0 Å². The Morgan fingerprint density at radius 1 is 1.28 bits per heavy atom. The van der Waals surface area contributed by atoms with Gasteiger partial charge in [-0.05, 0) is 48.8 Å². The van der Waals surface area contributed by atoms with Gasteiger partial charge in [-0.25, -0.2) is 4.39 Å². The van der Waals surface area contributed by atoms with Gasteiger partial charge in [0.15, 0.2) is 0 Å². The van der Waals surface area contributed by atoms with E-state index >= 15 is 0 Å². The van der Waals surface area contributed by atoms with Crippen LogP contribution < -0.4 is 0 Å². The molecule has 2 atom stereocenters. The van der Waals surface area contributed by atoms with E-state index in [9.17, 15) is 9.18 Å². The zero-order valence-corrected chi connectivity index (χ0v) is 11.2. The Kier molecular flexibility index (Phi) is 4.15. The predicted octanol–water partition coefficient (Wildman–Crippen LogP) is 4.01. The van der Waals surface area contributed by atoms with Crippen molar-refractivity contribution in [3.8, 4) is 0 Å². The zero-order chi connectivity index (χ0) is 13.1. The van der Waals surface area contributed by atoms with Gasteiger partial charge in [0.25, 0.3) is 0 Å². The lowest BCUT2D eigenvalue weighted by molar-refractivity contribution is -0.125. The summed E-state index contributed by atoms with van der Waals surface area (Å²) in [5.41, 5.74) is 1.07. The van der Waals surface area contributed by atoms with Gasteiger partial charge in [-0.3, -0.25) is 4.79 Å². The smallest absolute Gasteiger partial charge is 0.136 e. The fourth-order valence-electron chi connectivity index (χ4n) is 2.85. The average molecular weight is 248 g/mol. The fourth-order valence-corrected chi connectivity index (χ4v) is 2.85. The van der Waals surface area contributed by atoms with Gasteiger partial charge in [-0.15, -0.1) is 0 Å². The second-order valence-electron chi connectivity index (χ2n) is 5.77. The summed E-state index contributed by atoms with van der Waals surface area (Å²) in [4.78, 5) is 12.0. The van der Waals surface area contributed by atoms with Gasteiger partial charge in [-0.1, -0.05) is 26.0 Å². The lowest BCUT2D eigenvalue weighted by atomic mass is 9.73. The van der Waals surface area contributed by atoms with E-state index in [-0.39, 0.29) is 11.7 Å². The van der Waals surface area contributed by atoms with Crippen molar-refractivity contribution in [2.24, 2.45) is 17.8 Å². The van der Waals surface area contributed by atoms with Crippen LogP contribution in [0.5, 0.6) is 0 Å². The summed E-state index contributed by atoms with van der Waals surface area (Å²) in [6.07, 6.45) is 3.52. The number of carbonyl (C=O) groups is 1. The predicted molar refractivity (Wildman–Crippen MR) is 70.8 cm³/mol. The highest BCUT2D eigenvalue weighted by molar-refractivity contribution is 5.82. The molecule has 0 aliphatic heterocycles. The topological polar surface area (TPSA) is 17.1 Å². The lowest BCUT2D eigenvalue weighted by Crippen LogP contribution is -2.28. The first-order chi connectivity index (χ1) is 8.56. The molecule has 98 valence electrons. The molecule has 0 spiro atoms. The van der Waals surface area contributed by atoms with Crippen molar-refractivity contribution in [2.45, 2.75) is 39.5 Å². The molecule has 0 heterocycles. The van der Waals surface area contributed by atoms with Crippen LogP contribution in [0.3, 0.4) is 0 Å². The van der Waals surface area contributed by atoms with Crippen LogP contribution in [0, 0.1) is 23.6 Å². The van der Waals surface area contributed by atoms with Crippen molar-refractivity contribution in [1.29, 1.82) is 0 Å². The van der Waals surface area contributed by atoms with Crippen molar-refractivity contribution in [3.63, 3.8) is 0 Å². The van der Waals surface area contributed by atoms with Crippen molar-refractivity contribution in [2.75, 3.05) is 0 Å². The van der Waals surface area contributed by atoms with Gasteiger partial charge in [0, 0.05) is 12.3 Å². The molecule has 2 unspecified atom stereocenters. The van der Waals surface area contributed by atoms with Crippen LogP contribution in [-0.4, -0.2) is 5.78 Å². The zero-order valence-electron chi connectivity index (χ0n) is 11.2. The fraction of sp³-hybridized carbons (Fsp3) is 0.562. The molecule has 0 amide bonds. The Morgan fingerprint density at radius 3 is 2.56 bits per heavy atom. The monoisotopic (exact) mass is 248 g/mol. The molecular weight excluding hydrogens is 227 g/mol. The number of benzene rings is 1. The van der Waals surface area contributed by atoms with Crippen LogP contribution in [0.1, 0.15) is 38.7 Å². The van der Waals surface area contributed by atoms with Gasteiger partial charge >= 0.3 is 0 Å². The van der Waals surface area contributed by atoms with E-state index in [2.05, 4.69) is 13.8 Å². The minimum Gasteiger partial charge on any atom is -0.299 e. The van der Waals surface area contributed by atoms with E-state index in [1.54, 1.807) is 12.1 Å². The van der Waals surface area contributed by atoms with E-state index in [0.29, 0.717) is 24.0 Å². The van der Waals surface area contributed by atoms with E-state index in [0.717, 1.165) is 24.8 Å². The lowest BCUT2D eigenvalue weighted by Gasteiger charge is -2.30. The molecule has 1 nitrogen and oxygen atoms in total. The molecule has 0 bridgehead atoms. The molecule has 1 saturated carbocycles. The Bertz CT molecular complexity index is 408. The van der Waals surface area contributed by atoms with Gasteiger partial charge in [0.05, 0.1) is 0 Å². The first-order valence-electron chi connectivity index (χ1n) is 6.83. The summed E-state index contributed by atoms with van der Waals surface area (Å²) in [6, 6.07) is 6.54. The third kappa shape index (κ3) is 3.18. The van der Waals surface area contributed by atoms with E-state index in [1.807, 2.05) is 0 Å². The van der Waals surface area contributed by atoms with E-state index in [1.165, 1.54) is 12.1 Å². The first kappa shape index (κ1) is 13.3. The molecule has 1 aromatic carbocycles. The van der Waals surface area contributed by atoms with Crippen LogP contribution in [0.15, 0.2) is 24.3 Å². The Labute approximate surface area is 108 Å². The number of halogens is 1. The number of ketones is 1. The van der Waals surface area contributed by atoms with Crippen molar-refractivity contribution in [1.82, 2.24) is 0 Å². The van der Waals surface area contributed by atoms with Crippen molar-refractivity contribution in [3.05, 3.63) is 35.6 Å². The van der Waals surface area contributed by atoms with Gasteiger partial charge in [0.2, 0.25) is 0 Å². The van der Waals surface area contributed by atoms with Gasteiger partial charge in [0.1, 0.15) is 11.6 Å². The Balaban J connectivity index is 2.02. The second-order valence-corrected chi connectivity index (χ2v) is 5.77. The molecule has 1 aromatic rings. The van der Waals surface area contributed by atoms with Crippen molar-refractivity contribution >= 4 is 5.78 Å². The molecule has 0 radical (unpaired) electrons. The number of hydrogen-bond donors (Lipinski definition) is 0. The SMILES string of the molecule is CC(C)C1CCC(=O)C(Cc2ccc(F)cc2)C1. The molecule has 0 N–H and O–H groups in total. The van der Waals surface area contributed by atoms with Crippen LogP contribution >= 0.6 is 0 Å². The molecule has 18 heavy (non-hydrogen) atoms. The van der Waals surface area contributed by atoms with E-state index in [4.69, 9.17) is 0 Å². The number of Topliss-reactive ketones (excluding diaryl/α,β-unsaturated/α-hetero) is 1. The van der Waals surface area contributed by atoms with Crippen LogP contribution in [-0.2, 0) is 11.2 Å². The largest absolute Gasteiger partial charge is 0.299 e. The van der Waals surface area contributed by atoms with Crippen LogP contribution in [0.25, 0.3) is 0 Å². The summed E-state index contributed by atoms with van der Waals surface area (Å²) < 4.78 is 12.8. The summed E-state index contributed by atoms with van der Waals surface area (Å²) in [7, 11) is 0. The standard InChI is InChI=1S/C16H21FO/c1-11(2)13-5-8-16(18)14(10-13)9-12-3-6-15(17)7-4-12/h3-4,6-7,11,13-14H,5,8-10H2,1-2H3. The molecule has 0 saturated heterocycles. The first-order valence-corrected chi connectivity index (χ1v) is 6.83. The summed E-state index contributed by atoms with van der Waals surface area (Å²) >= 11 is 0. The maximum atomic E-state index is 12.8. The van der Waals surface area contributed by atoms with Gasteiger partial charge < -0.3 is 0 Å². The summed E-state index contributed by atoms with van der Waals surface area (Å²) in [6.45, 7) is 4.46. The maximum absolute atomic E-state index is 12.8. The van der Waals surface area contributed by atoms with Crippen LogP contribution in [0.2, 0.25) is 0 Å². The molecule has 1 aliphatic carbocycles. The average Bonchev–Trinajstić information content (AvgIpc) is 2.34. The second kappa shape index (κ2) is 5.64. The molecule has 2 rings (SSSR count). The van der Waals surface area contributed by atoms with Crippen molar-refractivity contribution < 1.29 is 9.18 Å². The minimum absolute atomic E-state index is 0.136. The number of carbonyl (C=O) groups excluding carboxylic acids is 1. The Morgan fingerprint density at radius 2 is 1.94 bits per heavy atom. The highest BCUT2D eigenvalue weighted by Gasteiger charge is 2.30. The van der Waals surface area contributed by atoms with Crippen LogP contribution in [0.4, 0.5) is 4.39 Å². The molecule has 1 fully saturated rings. The highest BCUT2D eigenvalue weighted by Crippen LogP contribution is 2.33. The third-order valence-corrected chi connectivity index (χ3v) is 4.14. The quantitative estimate of drug-likeness (QED) is 0.790. The third-order valence-electron chi connectivity index (χ3n) is 4.14. The van der Waals surface area contributed by atoms with E-state index < -0.39 is 0 Å². The minimum atomic E-state index is -0.214. The summed E-state index contributed by atoms with van der Waals surface area (Å²) in [5, 5.41) is 0. The molecular formula is C16H21FO. The highest BCUT2D eigenvalue weighted by atomic mass is 19.1. The number of hydrogen-bond acceptors (Lipinski definition) is 1. The normalized spacial score (nSPS) is 24.6. The Hall–Kier alpha value is -1.18. The maximum Gasteiger partial charge on any atom is 0.136 e. The molecule has 0 aromatic heterocycles. The number of rotatable bonds is 3. The molecule has 1 aliphatic rings.